The van der Waals surface area contributed by atoms with Gasteiger partial charge in [0, 0.05) is 26.0 Å². The molecule has 0 bridgehead atoms. The van der Waals surface area contributed by atoms with Gasteiger partial charge in [0.25, 0.3) is 0 Å². The lowest BCUT2D eigenvalue weighted by Crippen LogP contribution is -2.36. The van der Waals surface area contributed by atoms with Crippen molar-refractivity contribution >= 4 is 35.6 Å². The molecule has 4 rings (SSSR count). The molecule has 0 aliphatic rings. The van der Waals surface area contributed by atoms with Crippen LogP contribution >= 0.6 is 24.0 Å². The number of nitrogens with one attached hydrogen (secondary N) is 2. The van der Waals surface area contributed by atoms with Crippen molar-refractivity contribution in [3.05, 3.63) is 84.3 Å². The van der Waals surface area contributed by atoms with Gasteiger partial charge in [-0.25, -0.2) is 4.39 Å². The molecule has 1 aromatic carbocycles. The minimum atomic E-state index is -0.448. The maximum absolute atomic E-state index is 14.4. The van der Waals surface area contributed by atoms with E-state index in [4.69, 9.17) is 4.74 Å². The molecule has 0 unspecified atom stereocenters. The van der Waals surface area contributed by atoms with Gasteiger partial charge in [0.05, 0.1) is 12.7 Å². The number of aliphatic imine (C=N–C) groups is 1. The topological polar surface area (TPSA) is 88.7 Å². The first-order valence-electron chi connectivity index (χ1n) is 9.32. The predicted molar refractivity (Wildman–Crippen MR) is 126 cm³/mol. The number of hydrogen-bond donors (Lipinski definition) is 2. The zero-order valence-electron chi connectivity index (χ0n) is 16.7. The Balaban J connectivity index is 0.00000272. The molecule has 31 heavy (non-hydrogen) atoms. The molecule has 0 saturated carbocycles. The van der Waals surface area contributed by atoms with Gasteiger partial charge in [-0.1, -0.05) is 12.1 Å². The van der Waals surface area contributed by atoms with Gasteiger partial charge < -0.3 is 15.4 Å². The third-order valence-electron chi connectivity index (χ3n) is 4.34. The van der Waals surface area contributed by atoms with Crippen LogP contribution in [0.25, 0.3) is 5.65 Å². The fourth-order valence-corrected chi connectivity index (χ4v) is 2.85. The number of benzene rings is 1. The summed E-state index contributed by atoms with van der Waals surface area (Å²) in [5, 5.41) is 14.6. The van der Waals surface area contributed by atoms with Gasteiger partial charge in [-0.15, -0.1) is 34.2 Å². The second-order valence-electron chi connectivity index (χ2n) is 6.38. The summed E-state index contributed by atoms with van der Waals surface area (Å²) in [6.45, 7) is 0.835. The Labute approximate surface area is 195 Å². The monoisotopic (exact) mass is 533 g/mol. The average molecular weight is 533 g/mol. The SMILES string of the molecule is CN=C(NCc1ccc(Oc2cccnc2)c(F)c1)NCc1nnc2ccccn12.I. The smallest absolute Gasteiger partial charge is 0.191 e. The largest absolute Gasteiger partial charge is 0.453 e. The first-order valence-corrected chi connectivity index (χ1v) is 9.32. The highest BCUT2D eigenvalue weighted by molar-refractivity contribution is 14.0. The van der Waals surface area contributed by atoms with E-state index >= 15 is 0 Å². The van der Waals surface area contributed by atoms with Crippen LogP contribution in [0.4, 0.5) is 4.39 Å². The molecular weight excluding hydrogens is 512 g/mol. The molecule has 160 valence electrons. The van der Waals surface area contributed by atoms with Crippen molar-refractivity contribution in [2.24, 2.45) is 4.99 Å². The molecule has 0 atom stereocenters. The van der Waals surface area contributed by atoms with Gasteiger partial charge in [0.1, 0.15) is 5.75 Å². The Kier molecular flexibility index (Phi) is 7.70. The molecule has 10 heteroatoms. The molecule has 8 nitrogen and oxygen atoms in total. The number of pyridine rings is 2. The van der Waals surface area contributed by atoms with E-state index in [1.54, 1.807) is 37.5 Å². The van der Waals surface area contributed by atoms with Crippen LogP contribution in [0.5, 0.6) is 11.5 Å². The van der Waals surface area contributed by atoms with E-state index in [0.717, 1.165) is 17.0 Å². The molecule has 3 aromatic heterocycles. The van der Waals surface area contributed by atoms with Crippen LogP contribution in [0, 0.1) is 5.82 Å². The van der Waals surface area contributed by atoms with Gasteiger partial charge in [-0.05, 0) is 42.0 Å². The first-order chi connectivity index (χ1) is 14.7. The molecule has 0 saturated heterocycles. The van der Waals surface area contributed by atoms with E-state index < -0.39 is 5.82 Å². The summed E-state index contributed by atoms with van der Waals surface area (Å²) in [6.07, 6.45) is 5.06. The molecule has 0 aliphatic carbocycles. The number of nitrogens with zero attached hydrogens (tertiary/aromatic N) is 5. The van der Waals surface area contributed by atoms with E-state index in [2.05, 4.69) is 30.8 Å². The lowest BCUT2D eigenvalue weighted by molar-refractivity contribution is 0.440. The van der Waals surface area contributed by atoms with Gasteiger partial charge >= 0.3 is 0 Å². The second kappa shape index (κ2) is 10.7. The summed E-state index contributed by atoms with van der Waals surface area (Å²) in [4.78, 5) is 8.14. The number of aromatic nitrogens is 4. The fourth-order valence-electron chi connectivity index (χ4n) is 2.85. The van der Waals surface area contributed by atoms with Crippen LogP contribution in [0.15, 0.2) is 72.1 Å². The van der Waals surface area contributed by atoms with Gasteiger partial charge in [-0.3, -0.25) is 14.4 Å². The zero-order valence-corrected chi connectivity index (χ0v) is 19.0. The third kappa shape index (κ3) is 5.66. The third-order valence-corrected chi connectivity index (χ3v) is 4.34. The Morgan fingerprint density at radius 3 is 2.74 bits per heavy atom. The van der Waals surface area contributed by atoms with Crippen molar-refractivity contribution in [3.8, 4) is 11.5 Å². The van der Waals surface area contributed by atoms with E-state index in [1.807, 2.05) is 28.8 Å². The number of hydrogen-bond acceptors (Lipinski definition) is 5. The molecular formula is C21H21FIN7O. The zero-order chi connectivity index (χ0) is 20.8. The van der Waals surface area contributed by atoms with Crippen molar-refractivity contribution in [1.29, 1.82) is 0 Å². The highest BCUT2D eigenvalue weighted by Gasteiger charge is 2.08. The summed E-state index contributed by atoms with van der Waals surface area (Å²) in [5.74, 6) is 1.51. The van der Waals surface area contributed by atoms with E-state index in [-0.39, 0.29) is 29.7 Å². The maximum Gasteiger partial charge on any atom is 0.191 e. The summed E-state index contributed by atoms with van der Waals surface area (Å²) in [7, 11) is 1.67. The Hall–Kier alpha value is -3.28. The Bertz CT molecular complexity index is 1170. The van der Waals surface area contributed by atoms with Gasteiger partial charge in [0.15, 0.2) is 29.0 Å². The molecule has 0 aliphatic heterocycles. The molecule has 0 radical (unpaired) electrons. The number of fused-ring (bicyclic) bond motifs is 1. The van der Waals surface area contributed by atoms with Crippen molar-refractivity contribution in [3.63, 3.8) is 0 Å². The van der Waals surface area contributed by atoms with Crippen LogP contribution in [0.2, 0.25) is 0 Å². The van der Waals surface area contributed by atoms with Crippen LogP contribution in [0.3, 0.4) is 0 Å². The number of ether oxygens (including phenoxy) is 1. The summed E-state index contributed by atoms with van der Waals surface area (Å²) in [5.41, 5.74) is 1.53. The van der Waals surface area contributed by atoms with E-state index in [0.29, 0.717) is 24.8 Å². The lowest BCUT2D eigenvalue weighted by atomic mass is 10.2. The summed E-state index contributed by atoms with van der Waals surface area (Å²) in [6, 6.07) is 14.0. The first kappa shape index (κ1) is 22.4. The van der Waals surface area contributed by atoms with Crippen molar-refractivity contribution in [2.75, 3.05) is 7.05 Å². The number of halogens is 2. The number of guanidine groups is 1. The maximum atomic E-state index is 14.4. The molecule has 0 spiro atoms. The van der Waals surface area contributed by atoms with Gasteiger partial charge in [-0.2, -0.15) is 0 Å². The molecule has 0 amide bonds. The summed E-state index contributed by atoms with van der Waals surface area (Å²) < 4.78 is 21.8. The van der Waals surface area contributed by atoms with E-state index in [9.17, 15) is 4.39 Å². The highest BCUT2D eigenvalue weighted by Crippen LogP contribution is 2.24. The minimum absolute atomic E-state index is 0. The van der Waals surface area contributed by atoms with E-state index in [1.165, 1.54) is 12.3 Å². The number of rotatable bonds is 6. The Morgan fingerprint density at radius 1 is 1.10 bits per heavy atom. The highest BCUT2D eigenvalue weighted by atomic mass is 127. The normalized spacial score (nSPS) is 11.1. The minimum Gasteiger partial charge on any atom is -0.453 e. The van der Waals surface area contributed by atoms with Crippen LogP contribution < -0.4 is 15.4 Å². The van der Waals surface area contributed by atoms with Gasteiger partial charge in [0.2, 0.25) is 0 Å². The lowest BCUT2D eigenvalue weighted by Gasteiger charge is -2.12. The standard InChI is InChI=1S/C21H20FN7O.HI/c1-23-21(26-14-20-28-27-19-6-2-3-10-29(19)20)25-12-15-7-8-18(17(22)11-15)30-16-5-4-9-24-13-16;/h2-11,13H,12,14H2,1H3,(H2,23,25,26);1H. The van der Waals surface area contributed by atoms with Crippen molar-refractivity contribution in [1.82, 2.24) is 30.2 Å². The van der Waals surface area contributed by atoms with Crippen LogP contribution in [-0.2, 0) is 13.1 Å². The summed E-state index contributed by atoms with van der Waals surface area (Å²) >= 11 is 0. The van der Waals surface area contributed by atoms with Crippen molar-refractivity contribution < 1.29 is 9.13 Å². The fraction of sp³-hybridized carbons (Fsp3) is 0.143. The average Bonchev–Trinajstić information content (AvgIpc) is 3.19. The van der Waals surface area contributed by atoms with Crippen molar-refractivity contribution in [2.45, 2.75) is 13.1 Å². The second-order valence-corrected chi connectivity index (χ2v) is 6.38. The molecule has 4 aromatic rings. The van der Waals surface area contributed by atoms with Crippen LogP contribution in [-0.4, -0.2) is 32.6 Å². The molecule has 3 heterocycles. The predicted octanol–water partition coefficient (Wildman–Crippen LogP) is 3.54. The van der Waals surface area contributed by atoms with Crippen LogP contribution in [0.1, 0.15) is 11.4 Å². The Morgan fingerprint density at radius 2 is 1.97 bits per heavy atom. The quantitative estimate of drug-likeness (QED) is 0.224. The molecule has 0 fully saturated rings. The molecule has 2 N–H and O–H groups in total.